The second-order valence-electron chi connectivity index (χ2n) is 6.21. The molecule has 1 amide bonds. The summed E-state index contributed by atoms with van der Waals surface area (Å²) in [5, 5.41) is 16.0. The Hall–Kier alpha value is -2.61. The van der Waals surface area contributed by atoms with E-state index in [1.165, 1.54) is 6.07 Å². The molecule has 2 atom stereocenters. The van der Waals surface area contributed by atoms with Crippen molar-refractivity contribution in [2.45, 2.75) is 37.8 Å². The highest BCUT2D eigenvalue weighted by Gasteiger charge is 2.25. The molecule has 0 fully saturated rings. The van der Waals surface area contributed by atoms with Crippen molar-refractivity contribution in [3.05, 3.63) is 46.8 Å². The molecule has 7 nitrogen and oxygen atoms in total. The molecular formula is C19H23N3O4S. The summed E-state index contributed by atoms with van der Waals surface area (Å²) in [5.41, 5.74) is 0.960. The Labute approximate surface area is 161 Å². The fourth-order valence-corrected chi connectivity index (χ4v) is 2.92. The number of carbonyl (C=O) groups is 2. The van der Waals surface area contributed by atoms with E-state index in [1.807, 2.05) is 37.4 Å². The normalized spacial score (nSPS) is 13.0. The number of hydrogen-bond donors (Lipinski definition) is 2. The third-order valence-electron chi connectivity index (χ3n) is 4.34. The molecule has 1 aromatic carbocycles. The molecule has 2 rings (SSSR count). The van der Waals surface area contributed by atoms with Crippen molar-refractivity contribution in [1.82, 2.24) is 15.1 Å². The lowest BCUT2D eigenvalue weighted by molar-refractivity contribution is -0.143. The third kappa shape index (κ3) is 5.43. The number of thioether (sulfide) groups is 1. The number of benzene rings is 1. The van der Waals surface area contributed by atoms with Crippen LogP contribution in [-0.4, -0.2) is 39.1 Å². The monoisotopic (exact) mass is 389 g/mol. The summed E-state index contributed by atoms with van der Waals surface area (Å²) in [7, 11) is 0. The van der Waals surface area contributed by atoms with Crippen LogP contribution in [0.15, 0.2) is 46.1 Å². The standard InChI is InChI=1S/C19H23N3O4S/c1-4-12(2)18(19(25)26)20-16(23)11-22-17(24)10-9-15(21-22)13-5-7-14(27-3)8-6-13/h5-10,12,18H,4,11H2,1-3H3,(H,20,23)(H,25,26). The number of nitrogens with one attached hydrogen (secondary N) is 1. The number of nitrogens with zero attached hydrogens (tertiary/aromatic N) is 2. The van der Waals surface area contributed by atoms with E-state index in [-0.39, 0.29) is 12.5 Å². The van der Waals surface area contributed by atoms with Gasteiger partial charge in [0.2, 0.25) is 5.91 Å². The summed E-state index contributed by atoms with van der Waals surface area (Å²) in [6, 6.07) is 9.64. The molecule has 0 saturated carbocycles. The highest BCUT2D eigenvalue weighted by atomic mass is 32.2. The van der Waals surface area contributed by atoms with Crippen LogP contribution < -0.4 is 10.9 Å². The number of carboxylic acids is 1. The van der Waals surface area contributed by atoms with E-state index in [4.69, 9.17) is 0 Å². The zero-order valence-electron chi connectivity index (χ0n) is 15.5. The van der Waals surface area contributed by atoms with Crippen LogP contribution in [0.5, 0.6) is 0 Å². The second kappa shape index (κ2) is 9.36. The Kier molecular flexibility index (Phi) is 7.18. The van der Waals surface area contributed by atoms with E-state index in [2.05, 4.69) is 10.4 Å². The first kappa shape index (κ1) is 20.7. The number of amides is 1. The van der Waals surface area contributed by atoms with E-state index in [9.17, 15) is 19.5 Å². The molecule has 2 aromatic rings. The minimum Gasteiger partial charge on any atom is -0.480 e. The quantitative estimate of drug-likeness (QED) is 0.672. The Balaban J connectivity index is 2.19. The largest absolute Gasteiger partial charge is 0.480 e. The molecule has 8 heteroatoms. The van der Waals surface area contributed by atoms with Crippen LogP contribution in [-0.2, 0) is 16.1 Å². The highest BCUT2D eigenvalue weighted by Crippen LogP contribution is 2.20. The molecule has 0 saturated heterocycles. The van der Waals surface area contributed by atoms with Gasteiger partial charge in [-0.2, -0.15) is 5.10 Å². The van der Waals surface area contributed by atoms with Crippen LogP contribution in [0.4, 0.5) is 0 Å². The van der Waals surface area contributed by atoms with Crippen LogP contribution in [0, 0.1) is 5.92 Å². The van der Waals surface area contributed by atoms with Crippen molar-refractivity contribution >= 4 is 23.6 Å². The maximum absolute atomic E-state index is 12.3. The van der Waals surface area contributed by atoms with Crippen molar-refractivity contribution in [2.24, 2.45) is 5.92 Å². The summed E-state index contributed by atoms with van der Waals surface area (Å²) in [6.07, 6.45) is 2.59. The first-order valence-electron chi connectivity index (χ1n) is 8.60. The second-order valence-corrected chi connectivity index (χ2v) is 7.09. The summed E-state index contributed by atoms with van der Waals surface area (Å²) < 4.78 is 1.04. The van der Waals surface area contributed by atoms with E-state index < -0.39 is 23.5 Å². The van der Waals surface area contributed by atoms with E-state index in [0.717, 1.165) is 15.1 Å². The SMILES string of the molecule is CCC(C)C(NC(=O)Cn1nc(-c2ccc(SC)cc2)ccc1=O)C(=O)O. The molecule has 2 unspecified atom stereocenters. The summed E-state index contributed by atoms with van der Waals surface area (Å²) >= 11 is 1.62. The van der Waals surface area contributed by atoms with Gasteiger partial charge in [-0.15, -0.1) is 11.8 Å². The van der Waals surface area contributed by atoms with Crippen LogP contribution in [0.1, 0.15) is 20.3 Å². The Morgan fingerprint density at radius 3 is 2.44 bits per heavy atom. The van der Waals surface area contributed by atoms with Crippen LogP contribution in [0.3, 0.4) is 0 Å². The molecule has 0 spiro atoms. The lowest BCUT2D eigenvalue weighted by Crippen LogP contribution is -2.47. The van der Waals surface area contributed by atoms with Gasteiger partial charge in [-0.25, -0.2) is 9.48 Å². The fraction of sp³-hybridized carbons (Fsp3) is 0.368. The number of carbonyl (C=O) groups excluding carboxylic acids is 1. The molecule has 1 aromatic heterocycles. The average molecular weight is 389 g/mol. The Morgan fingerprint density at radius 1 is 1.22 bits per heavy atom. The Bertz CT molecular complexity index is 864. The van der Waals surface area contributed by atoms with Gasteiger partial charge >= 0.3 is 5.97 Å². The predicted molar refractivity (Wildman–Crippen MR) is 105 cm³/mol. The van der Waals surface area contributed by atoms with Gasteiger partial charge in [0, 0.05) is 16.5 Å². The minimum absolute atomic E-state index is 0.225. The average Bonchev–Trinajstić information content (AvgIpc) is 2.67. The first-order chi connectivity index (χ1) is 12.8. The topological polar surface area (TPSA) is 101 Å². The molecule has 1 heterocycles. The molecule has 0 aliphatic carbocycles. The molecule has 0 radical (unpaired) electrons. The predicted octanol–water partition coefficient (Wildman–Crippen LogP) is 2.25. The molecule has 0 aliphatic heterocycles. The summed E-state index contributed by atoms with van der Waals surface area (Å²) in [5.74, 6) is -1.88. The van der Waals surface area contributed by atoms with Crippen molar-refractivity contribution in [2.75, 3.05) is 6.26 Å². The molecular weight excluding hydrogens is 366 g/mol. The van der Waals surface area contributed by atoms with E-state index >= 15 is 0 Å². The molecule has 0 bridgehead atoms. The number of aromatic nitrogens is 2. The van der Waals surface area contributed by atoms with Gasteiger partial charge in [-0.05, 0) is 30.4 Å². The zero-order chi connectivity index (χ0) is 20.0. The lowest BCUT2D eigenvalue weighted by Gasteiger charge is -2.20. The van der Waals surface area contributed by atoms with Gasteiger partial charge in [-0.1, -0.05) is 32.4 Å². The fourth-order valence-electron chi connectivity index (χ4n) is 2.52. The number of hydrogen-bond acceptors (Lipinski definition) is 5. The third-order valence-corrected chi connectivity index (χ3v) is 5.08. The number of rotatable bonds is 8. The van der Waals surface area contributed by atoms with Crippen molar-refractivity contribution < 1.29 is 14.7 Å². The van der Waals surface area contributed by atoms with Crippen LogP contribution >= 0.6 is 11.8 Å². The zero-order valence-corrected chi connectivity index (χ0v) is 16.3. The van der Waals surface area contributed by atoms with E-state index in [0.29, 0.717) is 12.1 Å². The number of carboxylic acid groups (broad SMARTS) is 1. The summed E-state index contributed by atoms with van der Waals surface area (Å²) in [4.78, 5) is 36.8. The minimum atomic E-state index is -1.10. The highest BCUT2D eigenvalue weighted by molar-refractivity contribution is 7.98. The van der Waals surface area contributed by atoms with Gasteiger partial charge in [0.15, 0.2) is 0 Å². The Morgan fingerprint density at radius 2 is 1.89 bits per heavy atom. The van der Waals surface area contributed by atoms with Gasteiger partial charge in [0.05, 0.1) is 5.69 Å². The molecule has 144 valence electrons. The smallest absolute Gasteiger partial charge is 0.326 e. The molecule has 0 aliphatic rings. The van der Waals surface area contributed by atoms with Crippen LogP contribution in [0.2, 0.25) is 0 Å². The molecule has 2 N–H and O–H groups in total. The molecule has 27 heavy (non-hydrogen) atoms. The summed E-state index contributed by atoms with van der Waals surface area (Å²) in [6.45, 7) is 3.27. The number of aliphatic carboxylic acids is 1. The van der Waals surface area contributed by atoms with Gasteiger partial charge in [-0.3, -0.25) is 9.59 Å². The lowest BCUT2D eigenvalue weighted by atomic mass is 9.99. The van der Waals surface area contributed by atoms with Gasteiger partial charge in [0.1, 0.15) is 12.6 Å². The van der Waals surface area contributed by atoms with Crippen molar-refractivity contribution in [3.63, 3.8) is 0 Å². The maximum atomic E-state index is 12.3. The first-order valence-corrected chi connectivity index (χ1v) is 9.83. The van der Waals surface area contributed by atoms with Gasteiger partial charge in [0.25, 0.3) is 5.56 Å². The van der Waals surface area contributed by atoms with Crippen molar-refractivity contribution in [1.29, 1.82) is 0 Å². The van der Waals surface area contributed by atoms with Crippen molar-refractivity contribution in [3.8, 4) is 11.3 Å². The van der Waals surface area contributed by atoms with Crippen LogP contribution in [0.25, 0.3) is 11.3 Å². The van der Waals surface area contributed by atoms with Gasteiger partial charge < -0.3 is 10.4 Å². The maximum Gasteiger partial charge on any atom is 0.326 e. The van der Waals surface area contributed by atoms with E-state index in [1.54, 1.807) is 24.8 Å².